The molecule has 3 N–H and O–H groups in total. The summed E-state index contributed by atoms with van der Waals surface area (Å²) in [5.41, 5.74) is 10.2. The first-order valence-electron chi connectivity index (χ1n) is 7.63. The number of hydrogen-bond donors (Lipinski definition) is 2. The molecule has 1 amide bonds. The molecule has 0 unspecified atom stereocenters. The molecule has 4 heteroatoms. The second kappa shape index (κ2) is 6.73. The van der Waals surface area contributed by atoms with Crippen LogP contribution in [0.15, 0.2) is 48.5 Å². The molecule has 1 aliphatic heterocycles. The standard InChI is InChI=1S/C18H21N3O/c19-11-15-6-3-4-8-17(15)20-18(22)13-21-10-9-14-5-1-2-7-16(14)12-21/h1-8H,9-13,19H2,(H,20,22). The summed E-state index contributed by atoms with van der Waals surface area (Å²) in [6.45, 7) is 2.59. The Balaban J connectivity index is 1.61. The van der Waals surface area contributed by atoms with E-state index in [1.54, 1.807) is 0 Å². The summed E-state index contributed by atoms with van der Waals surface area (Å²) in [5.74, 6) is 0.0141. The second-order valence-electron chi connectivity index (χ2n) is 5.64. The molecule has 0 saturated heterocycles. The topological polar surface area (TPSA) is 58.4 Å². The first-order valence-corrected chi connectivity index (χ1v) is 7.63. The molecule has 0 bridgehead atoms. The molecule has 0 aliphatic carbocycles. The van der Waals surface area contributed by atoms with Gasteiger partial charge in [-0.15, -0.1) is 0 Å². The minimum Gasteiger partial charge on any atom is -0.326 e. The Morgan fingerprint density at radius 3 is 2.64 bits per heavy atom. The number of nitrogens with zero attached hydrogens (tertiary/aromatic N) is 1. The molecule has 0 radical (unpaired) electrons. The molecular formula is C18H21N3O. The SMILES string of the molecule is NCc1ccccc1NC(=O)CN1CCc2ccccc2C1. The summed E-state index contributed by atoms with van der Waals surface area (Å²) < 4.78 is 0. The number of rotatable bonds is 4. The van der Waals surface area contributed by atoms with E-state index in [9.17, 15) is 4.79 Å². The van der Waals surface area contributed by atoms with Gasteiger partial charge in [0.15, 0.2) is 0 Å². The Morgan fingerprint density at radius 2 is 1.82 bits per heavy atom. The fourth-order valence-corrected chi connectivity index (χ4v) is 2.90. The molecule has 0 saturated carbocycles. The van der Waals surface area contributed by atoms with Crippen molar-refractivity contribution in [3.8, 4) is 0 Å². The van der Waals surface area contributed by atoms with Gasteiger partial charge in [0, 0.05) is 25.3 Å². The van der Waals surface area contributed by atoms with Crippen molar-refractivity contribution in [3.63, 3.8) is 0 Å². The summed E-state index contributed by atoms with van der Waals surface area (Å²) in [6, 6.07) is 16.1. The minimum atomic E-state index is 0.0141. The third-order valence-corrected chi connectivity index (χ3v) is 4.09. The Bertz CT molecular complexity index is 669. The van der Waals surface area contributed by atoms with Gasteiger partial charge in [-0.05, 0) is 29.2 Å². The van der Waals surface area contributed by atoms with Crippen LogP contribution in [0, 0.1) is 0 Å². The van der Waals surface area contributed by atoms with Gasteiger partial charge in [-0.1, -0.05) is 42.5 Å². The van der Waals surface area contributed by atoms with Crippen molar-refractivity contribution in [1.82, 2.24) is 4.90 Å². The zero-order chi connectivity index (χ0) is 15.4. The zero-order valence-electron chi connectivity index (χ0n) is 12.6. The molecule has 22 heavy (non-hydrogen) atoms. The lowest BCUT2D eigenvalue weighted by Gasteiger charge is -2.28. The van der Waals surface area contributed by atoms with Crippen molar-refractivity contribution in [2.75, 3.05) is 18.4 Å². The highest BCUT2D eigenvalue weighted by molar-refractivity contribution is 5.93. The molecule has 2 aromatic carbocycles. The first kappa shape index (κ1) is 14.8. The number of benzene rings is 2. The summed E-state index contributed by atoms with van der Waals surface area (Å²) >= 11 is 0. The van der Waals surface area contributed by atoms with Crippen molar-refractivity contribution in [1.29, 1.82) is 0 Å². The van der Waals surface area contributed by atoms with E-state index in [0.717, 1.165) is 30.8 Å². The van der Waals surface area contributed by atoms with Gasteiger partial charge in [0.25, 0.3) is 0 Å². The Labute approximate surface area is 130 Å². The van der Waals surface area contributed by atoms with Crippen LogP contribution in [0.5, 0.6) is 0 Å². The van der Waals surface area contributed by atoms with Crippen molar-refractivity contribution >= 4 is 11.6 Å². The molecule has 1 heterocycles. The average molecular weight is 295 g/mol. The van der Waals surface area contributed by atoms with E-state index in [1.165, 1.54) is 11.1 Å². The summed E-state index contributed by atoms with van der Waals surface area (Å²) in [6.07, 6.45) is 1.00. The molecule has 0 spiro atoms. The van der Waals surface area contributed by atoms with E-state index in [4.69, 9.17) is 5.73 Å². The molecular weight excluding hydrogens is 274 g/mol. The monoisotopic (exact) mass is 295 g/mol. The van der Waals surface area contributed by atoms with E-state index < -0.39 is 0 Å². The third-order valence-electron chi connectivity index (χ3n) is 4.09. The second-order valence-corrected chi connectivity index (χ2v) is 5.64. The van der Waals surface area contributed by atoms with E-state index in [2.05, 4.69) is 34.5 Å². The van der Waals surface area contributed by atoms with Gasteiger partial charge in [-0.3, -0.25) is 9.69 Å². The number of anilines is 1. The van der Waals surface area contributed by atoms with Crippen LogP contribution in [0.25, 0.3) is 0 Å². The van der Waals surface area contributed by atoms with Crippen LogP contribution in [0.3, 0.4) is 0 Å². The molecule has 114 valence electrons. The maximum Gasteiger partial charge on any atom is 0.238 e. The maximum absolute atomic E-state index is 12.3. The Kier molecular flexibility index (Phi) is 4.51. The summed E-state index contributed by atoms with van der Waals surface area (Å²) in [7, 11) is 0. The number of nitrogens with two attached hydrogens (primary N) is 1. The first-order chi connectivity index (χ1) is 10.8. The highest BCUT2D eigenvalue weighted by Crippen LogP contribution is 2.19. The van der Waals surface area contributed by atoms with Crippen LogP contribution < -0.4 is 11.1 Å². The smallest absolute Gasteiger partial charge is 0.238 e. The maximum atomic E-state index is 12.3. The van der Waals surface area contributed by atoms with Crippen LogP contribution in [0.2, 0.25) is 0 Å². The molecule has 4 nitrogen and oxygen atoms in total. The number of para-hydroxylation sites is 1. The lowest BCUT2D eigenvalue weighted by atomic mass is 10.00. The van der Waals surface area contributed by atoms with Gasteiger partial charge < -0.3 is 11.1 Å². The van der Waals surface area contributed by atoms with Gasteiger partial charge in [0.05, 0.1) is 6.54 Å². The van der Waals surface area contributed by atoms with Gasteiger partial charge in [0.2, 0.25) is 5.91 Å². The lowest BCUT2D eigenvalue weighted by Crippen LogP contribution is -2.37. The molecule has 0 atom stereocenters. The highest BCUT2D eigenvalue weighted by atomic mass is 16.2. The van der Waals surface area contributed by atoms with Crippen molar-refractivity contribution in [2.24, 2.45) is 5.73 Å². The molecule has 0 fully saturated rings. The van der Waals surface area contributed by atoms with E-state index >= 15 is 0 Å². The molecule has 2 aromatic rings. The average Bonchev–Trinajstić information content (AvgIpc) is 2.55. The van der Waals surface area contributed by atoms with Crippen molar-refractivity contribution < 1.29 is 4.79 Å². The van der Waals surface area contributed by atoms with Crippen LogP contribution in [-0.4, -0.2) is 23.9 Å². The van der Waals surface area contributed by atoms with Crippen LogP contribution in [0.1, 0.15) is 16.7 Å². The number of amides is 1. The number of nitrogens with one attached hydrogen (secondary N) is 1. The summed E-state index contributed by atoms with van der Waals surface area (Å²) in [4.78, 5) is 14.5. The fourth-order valence-electron chi connectivity index (χ4n) is 2.90. The predicted molar refractivity (Wildman–Crippen MR) is 88.4 cm³/mol. The normalized spacial score (nSPS) is 14.4. The highest BCUT2D eigenvalue weighted by Gasteiger charge is 2.18. The van der Waals surface area contributed by atoms with Crippen LogP contribution in [-0.2, 0) is 24.3 Å². The van der Waals surface area contributed by atoms with E-state index in [1.807, 2.05) is 24.3 Å². The zero-order valence-corrected chi connectivity index (χ0v) is 12.6. The molecule has 1 aliphatic rings. The Morgan fingerprint density at radius 1 is 1.09 bits per heavy atom. The largest absolute Gasteiger partial charge is 0.326 e. The van der Waals surface area contributed by atoms with Gasteiger partial charge in [-0.2, -0.15) is 0 Å². The van der Waals surface area contributed by atoms with Gasteiger partial charge in [0.1, 0.15) is 0 Å². The lowest BCUT2D eigenvalue weighted by molar-refractivity contribution is -0.117. The van der Waals surface area contributed by atoms with E-state index in [-0.39, 0.29) is 5.91 Å². The number of fused-ring (bicyclic) bond motifs is 1. The predicted octanol–water partition coefficient (Wildman–Crippen LogP) is 2.14. The summed E-state index contributed by atoms with van der Waals surface area (Å²) in [5, 5.41) is 2.97. The number of carbonyl (C=O) groups is 1. The van der Waals surface area contributed by atoms with Crippen molar-refractivity contribution in [3.05, 3.63) is 65.2 Å². The third kappa shape index (κ3) is 3.35. The van der Waals surface area contributed by atoms with E-state index in [0.29, 0.717) is 13.1 Å². The van der Waals surface area contributed by atoms with Gasteiger partial charge >= 0.3 is 0 Å². The molecule has 3 rings (SSSR count). The number of carbonyl (C=O) groups excluding carboxylic acids is 1. The number of hydrogen-bond acceptors (Lipinski definition) is 3. The Hall–Kier alpha value is -2.17. The minimum absolute atomic E-state index is 0.0141. The molecule has 0 aromatic heterocycles. The van der Waals surface area contributed by atoms with Gasteiger partial charge in [-0.25, -0.2) is 0 Å². The fraction of sp³-hybridized carbons (Fsp3) is 0.278. The quantitative estimate of drug-likeness (QED) is 0.908. The van der Waals surface area contributed by atoms with Crippen LogP contribution >= 0.6 is 0 Å². The van der Waals surface area contributed by atoms with Crippen molar-refractivity contribution in [2.45, 2.75) is 19.5 Å². The van der Waals surface area contributed by atoms with Crippen LogP contribution in [0.4, 0.5) is 5.69 Å².